The number of esters is 1. The molecule has 0 atom stereocenters. The Morgan fingerprint density at radius 2 is 1.75 bits per heavy atom. The first-order valence-corrected chi connectivity index (χ1v) is 6.62. The molecule has 0 bridgehead atoms. The van der Waals surface area contributed by atoms with E-state index in [-0.39, 0.29) is 16.1 Å². The van der Waals surface area contributed by atoms with Gasteiger partial charge in [0, 0.05) is 22.3 Å². The zero-order valence-electron chi connectivity index (χ0n) is 11.9. The molecule has 2 aromatic rings. The van der Waals surface area contributed by atoms with Crippen molar-refractivity contribution in [2.45, 2.75) is 12.1 Å². The Hall–Kier alpha value is -2.29. The molecule has 128 valence electrons. The Kier molecular flexibility index (Phi) is 4.75. The summed E-state index contributed by atoms with van der Waals surface area (Å²) in [5.74, 6) is -8.38. The molecule has 0 fully saturated rings. The lowest BCUT2D eigenvalue weighted by Gasteiger charge is -2.19. The molecule has 10 heteroatoms. The number of methoxy groups -OCH3 is 1. The fourth-order valence-corrected chi connectivity index (χ4v) is 2.03. The van der Waals surface area contributed by atoms with Crippen LogP contribution in [0.5, 0.6) is 0 Å². The van der Waals surface area contributed by atoms with Crippen LogP contribution >= 0.6 is 11.6 Å². The first-order chi connectivity index (χ1) is 11.1. The largest absolute Gasteiger partial charge is 0.464 e. The van der Waals surface area contributed by atoms with E-state index in [4.69, 9.17) is 11.6 Å². The van der Waals surface area contributed by atoms with E-state index in [0.717, 1.165) is 7.11 Å². The number of hydrogen-bond donors (Lipinski definition) is 0. The van der Waals surface area contributed by atoms with Crippen LogP contribution in [0.1, 0.15) is 16.3 Å². The summed E-state index contributed by atoms with van der Waals surface area (Å²) in [5, 5.41) is 0.126. The average molecular weight is 367 g/mol. The van der Waals surface area contributed by atoms with Gasteiger partial charge in [-0.2, -0.15) is 22.0 Å². The van der Waals surface area contributed by atoms with Crippen molar-refractivity contribution in [1.29, 1.82) is 0 Å². The number of ether oxygens (including phenoxy) is 1. The highest BCUT2D eigenvalue weighted by Crippen LogP contribution is 2.43. The van der Waals surface area contributed by atoms with Gasteiger partial charge in [-0.05, 0) is 6.07 Å². The second kappa shape index (κ2) is 6.31. The predicted molar refractivity (Wildman–Crippen MR) is 73.8 cm³/mol. The highest BCUT2D eigenvalue weighted by molar-refractivity contribution is 6.33. The molecule has 0 aliphatic heterocycles. The topological polar surface area (TPSA) is 52.1 Å². The highest BCUT2D eigenvalue weighted by atomic mass is 35.5. The van der Waals surface area contributed by atoms with Gasteiger partial charge in [-0.15, -0.1) is 0 Å². The molecule has 0 aliphatic rings. The van der Waals surface area contributed by atoms with Crippen LogP contribution in [0.3, 0.4) is 0 Å². The standard InChI is InChI=1S/C14H8ClF5N2O2/c1-24-11(23)10-8(7-4-2-3-5-9(7)15)6-21-12(22-10)13(16,17)14(18,19)20/h2-6H,1H3. The van der Waals surface area contributed by atoms with E-state index in [2.05, 4.69) is 14.7 Å². The first kappa shape index (κ1) is 18.1. The second-order valence-electron chi connectivity index (χ2n) is 4.50. The molecule has 0 spiro atoms. The second-order valence-corrected chi connectivity index (χ2v) is 4.91. The molecule has 0 saturated heterocycles. The summed E-state index contributed by atoms with van der Waals surface area (Å²) in [4.78, 5) is 17.9. The van der Waals surface area contributed by atoms with Crippen LogP contribution in [0, 0.1) is 0 Å². The van der Waals surface area contributed by atoms with Crippen LogP contribution in [0.15, 0.2) is 30.5 Å². The van der Waals surface area contributed by atoms with Gasteiger partial charge in [0.15, 0.2) is 5.69 Å². The number of carbonyl (C=O) groups excluding carboxylic acids is 1. The lowest BCUT2D eigenvalue weighted by molar-refractivity contribution is -0.292. The number of aromatic nitrogens is 2. The van der Waals surface area contributed by atoms with Gasteiger partial charge in [-0.1, -0.05) is 29.8 Å². The number of halogens is 6. The molecule has 1 aromatic carbocycles. The first-order valence-electron chi connectivity index (χ1n) is 6.25. The van der Waals surface area contributed by atoms with Gasteiger partial charge in [-0.3, -0.25) is 0 Å². The normalized spacial score (nSPS) is 12.1. The fourth-order valence-electron chi connectivity index (χ4n) is 1.79. The molecular formula is C14H8ClF5N2O2. The van der Waals surface area contributed by atoms with Crippen molar-refractivity contribution in [2.75, 3.05) is 7.11 Å². The van der Waals surface area contributed by atoms with E-state index in [0.29, 0.717) is 6.20 Å². The van der Waals surface area contributed by atoms with Gasteiger partial charge in [0.25, 0.3) is 0 Å². The van der Waals surface area contributed by atoms with Crippen LogP contribution in [0.25, 0.3) is 11.1 Å². The number of nitrogens with zero attached hydrogens (tertiary/aromatic N) is 2. The molecular weight excluding hydrogens is 359 g/mol. The summed E-state index contributed by atoms with van der Waals surface area (Å²) in [6.45, 7) is 0. The highest BCUT2D eigenvalue weighted by Gasteiger charge is 2.61. The van der Waals surface area contributed by atoms with Crippen LogP contribution in [-0.2, 0) is 10.7 Å². The quantitative estimate of drug-likeness (QED) is 0.602. The van der Waals surface area contributed by atoms with E-state index in [1.807, 2.05) is 0 Å². The van der Waals surface area contributed by atoms with Gasteiger partial charge >= 0.3 is 18.1 Å². The van der Waals surface area contributed by atoms with Crippen molar-refractivity contribution in [3.63, 3.8) is 0 Å². The predicted octanol–water partition coefficient (Wildman–Crippen LogP) is 4.24. The molecule has 0 unspecified atom stereocenters. The van der Waals surface area contributed by atoms with Crippen LogP contribution in [-0.4, -0.2) is 29.2 Å². The van der Waals surface area contributed by atoms with Crippen molar-refractivity contribution in [2.24, 2.45) is 0 Å². The van der Waals surface area contributed by atoms with Gasteiger partial charge in [-0.25, -0.2) is 14.8 Å². The number of alkyl halides is 5. The van der Waals surface area contributed by atoms with Crippen molar-refractivity contribution in [3.8, 4) is 11.1 Å². The number of hydrogen-bond acceptors (Lipinski definition) is 4. The van der Waals surface area contributed by atoms with E-state index in [9.17, 15) is 26.7 Å². The summed E-state index contributed by atoms with van der Waals surface area (Å²) >= 11 is 5.95. The Balaban J connectivity index is 2.68. The smallest absolute Gasteiger partial charge is 0.461 e. The van der Waals surface area contributed by atoms with Crippen LogP contribution < -0.4 is 0 Å². The Labute approximate surface area is 137 Å². The number of rotatable bonds is 3. The minimum Gasteiger partial charge on any atom is -0.464 e. The lowest BCUT2D eigenvalue weighted by atomic mass is 10.1. The van der Waals surface area contributed by atoms with Gasteiger partial charge in [0.05, 0.1) is 7.11 Å². The van der Waals surface area contributed by atoms with E-state index < -0.39 is 29.6 Å². The Morgan fingerprint density at radius 3 is 2.29 bits per heavy atom. The van der Waals surface area contributed by atoms with Gasteiger partial charge < -0.3 is 4.74 Å². The molecule has 2 rings (SSSR count). The molecule has 0 amide bonds. The molecule has 0 N–H and O–H groups in total. The summed E-state index contributed by atoms with van der Waals surface area (Å²) in [6.07, 6.45) is -5.23. The maximum atomic E-state index is 13.4. The average Bonchev–Trinajstić information content (AvgIpc) is 2.53. The van der Waals surface area contributed by atoms with Crippen molar-refractivity contribution in [1.82, 2.24) is 9.97 Å². The van der Waals surface area contributed by atoms with Crippen LogP contribution in [0.2, 0.25) is 5.02 Å². The van der Waals surface area contributed by atoms with E-state index in [1.54, 1.807) is 6.07 Å². The maximum absolute atomic E-state index is 13.4. The molecule has 4 nitrogen and oxygen atoms in total. The van der Waals surface area contributed by atoms with E-state index in [1.165, 1.54) is 18.2 Å². The summed E-state index contributed by atoms with van der Waals surface area (Å²) in [5.41, 5.74) is -0.699. The summed E-state index contributed by atoms with van der Waals surface area (Å²) < 4.78 is 68.5. The third-order valence-corrected chi connectivity index (χ3v) is 3.30. The Bertz CT molecular complexity index is 780. The molecule has 1 heterocycles. The minimum atomic E-state index is -5.91. The maximum Gasteiger partial charge on any atom is 0.461 e. The van der Waals surface area contributed by atoms with Crippen molar-refractivity contribution in [3.05, 3.63) is 47.0 Å². The summed E-state index contributed by atoms with van der Waals surface area (Å²) in [6, 6.07) is 5.96. The fraction of sp³-hybridized carbons (Fsp3) is 0.214. The molecule has 0 aliphatic carbocycles. The third-order valence-electron chi connectivity index (χ3n) is 2.97. The van der Waals surface area contributed by atoms with Crippen molar-refractivity contribution >= 4 is 17.6 Å². The SMILES string of the molecule is COC(=O)c1nc(C(F)(F)C(F)(F)F)ncc1-c1ccccc1Cl. The zero-order valence-corrected chi connectivity index (χ0v) is 12.6. The molecule has 1 aromatic heterocycles. The number of benzene rings is 1. The van der Waals surface area contributed by atoms with Crippen LogP contribution in [0.4, 0.5) is 22.0 Å². The number of carbonyl (C=O) groups is 1. The van der Waals surface area contributed by atoms with Gasteiger partial charge in [0.2, 0.25) is 5.82 Å². The van der Waals surface area contributed by atoms with E-state index >= 15 is 0 Å². The summed E-state index contributed by atoms with van der Waals surface area (Å²) in [7, 11) is 0.933. The molecule has 24 heavy (non-hydrogen) atoms. The monoisotopic (exact) mass is 366 g/mol. The van der Waals surface area contributed by atoms with Crippen molar-refractivity contribution < 1.29 is 31.5 Å². The zero-order chi connectivity index (χ0) is 18.1. The molecule has 0 saturated carbocycles. The lowest BCUT2D eigenvalue weighted by Crippen LogP contribution is -2.36. The Morgan fingerprint density at radius 1 is 1.12 bits per heavy atom. The third kappa shape index (κ3) is 3.16. The molecule has 0 radical (unpaired) electrons. The minimum absolute atomic E-state index is 0.126. The van der Waals surface area contributed by atoms with Gasteiger partial charge in [0.1, 0.15) is 0 Å².